The van der Waals surface area contributed by atoms with Gasteiger partial charge in [-0.05, 0) is 50.6 Å². The van der Waals surface area contributed by atoms with Crippen molar-refractivity contribution in [2.45, 2.75) is 25.8 Å². The van der Waals surface area contributed by atoms with Crippen molar-refractivity contribution in [1.82, 2.24) is 15.2 Å². The molecule has 23 heavy (non-hydrogen) atoms. The Bertz CT molecular complexity index is 633. The summed E-state index contributed by atoms with van der Waals surface area (Å²) in [4.78, 5) is 19.2. The summed E-state index contributed by atoms with van der Waals surface area (Å²) in [6, 6.07) is 13.9. The minimum atomic E-state index is -0.0643. The van der Waals surface area contributed by atoms with Crippen LogP contribution in [0.15, 0.2) is 48.7 Å². The van der Waals surface area contributed by atoms with Gasteiger partial charge < -0.3 is 10.2 Å². The summed E-state index contributed by atoms with van der Waals surface area (Å²) in [7, 11) is 0. The highest BCUT2D eigenvalue weighted by Gasteiger charge is 2.21. The second kappa shape index (κ2) is 7.38. The highest BCUT2D eigenvalue weighted by atomic mass is 16.1. The lowest BCUT2D eigenvalue weighted by molar-refractivity contribution is 0.0927. The lowest BCUT2D eigenvalue weighted by Crippen LogP contribution is -2.37. The topological polar surface area (TPSA) is 45.2 Å². The molecule has 1 aromatic carbocycles. The Balaban J connectivity index is 1.74. The normalized spacial score (nSPS) is 16.2. The van der Waals surface area contributed by atoms with Crippen molar-refractivity contribution in [2.24, 2.45) is 0 Å². The molecule has 4 heteroatoms. The number of aromatic nitrogens is 1. The van der Waals surface area contributed by atoms with Crippen LogP contribution < -0.4 is 5.32 Å². The molecular formula is C19H23N3O. The molecule has 2 heterocycles. The van der Waals surface area contributed by atoms with E-state index >= 15 is 0 Å². The Morgan fingerprint density at radius 3 is 2.57 bits per heavy atom. The van der Waals surface area contributed by atoms with Crippen LogP contribution in [0.1, 0.15) is 40.5 Å². The molecule has 0 bridgehead atoms. The molecular weight excluding hydrogens is 286 g/mol. The van der Waals surface area contributed by atoms with Gasteiger partial charge in [0.05, 0.1) is 11.6 Å². The van der Waals surface area contributed by atoms with Crippen LogP contribution in [0.4, 0.5) is 0 Å². The molecule has 1 amide bonds. The maximum Gasteiger partial charge on any atom is 0.253 e. The van der Waals surface area contributed by atoms with Crippen LogP contribution in [0.2, 0.25) is 0 Å². The first-order chi connectivity index (χ1) is 11.2. The van der Waals surface area contributed by atoms with Crippen molar-refractivity contribution in [2.75, 3.05) is 19.6 Å². The highest BCUT2D eigenvalue weighted by molar-refractivity contribution is 5.94. The zero-order valence-electron chi connectivity index (χ0n) is 13.5. The number of pyridine rings is 1. The minimum Gasteiger partial charge on any atom is -0.344 e. The minimum absolute atomic E-state index is 0.00287. The fourth-order valence-corrected chi connectivity index (χ4v) is 2.99. The van der Waals surface area contributed by atoms with Gasteiger partial charge >= 0.3 is 0 Å². The van der Waals surface area contributed by atoms with Gasteiger partial charge in [0, 0.05) is 18.4 Å². The fraction of sp³-hybridized carbons (Fsp3) is 0.368. The van der Waals surface area contributed by atoms with Crippen LogP contribution in [0.5, 0.6) is 0 Å². The largest absolute Gasteiger partial charge is 0.344 e. The molecule has 1 aliphatic rings. The third-order valence-electron chi connectivity index (χ3n) is 4.32. The number of hydrogen-bond acceptors (Lipinski definition) is 3. The first-order valence-corrected chi connectivity index (χ1v) is 8.23. The van der Waals surface area contributed by atoms with Gasteiger partial charge in [-0.3, -0.25) is 9.78 Å². The van der Waals surface area contributed by atoms with E-state index in [1.54, 1.807) is 6.20 Å². The summed E-state index contributed by atoms with van der Waals surface area (Å²) < 4.78 is 0. The van der Waals surface area contributed by atoms with Gasteiger partial charge in [-0.2, -0.15) is 0 Å². The molecule has 1 fully saturated rings. The van der Waals surface area contributed by atoms with Crippen LogP contribution in [0, 0.1) is 6.92 Å². The summed E-state index contributed by atoms with van der Waals surface area (Å²) in [6.45, 7) is 5.01. The third kappa shape index (κ3) is 4.17. The number of hydrogen-bond donors (Lipinski definition) is 1. The maximum atomic E-state index is 12.5. The van der Waals surface area contributed by atoms with Gasteiger partial charge in [0.1, 0.15) is 0 Å². The predicted octanol–water partition coefficient (Wildman–Crippen LogP) is 2.96. The molecule has 4 nitrogen and oxygen atoms in total. The van der Waals surface area contributed by atoms with Gasteiger partial charge in [0.2, 0.25) is 0 Å². The molecule has 1 unspecified atom stereocenters. The molecule has 1 N–H and O–H groups in total. The van der Waals surface area contributed by atoms with Crippen LogP contribution in [0.25, 0.3) is 0 Å². The SMILES string of the molecule is Cc1ccc(C(=O)NC(CN2CCCC2)c2ccccc2)cn1. The Kier molecular flexibility index (Phi) is 5.03. The fourth-order valence-electron chi connectivity index (χ4n) is 2.99. The van der Waals surface area contributed by atoms with Crippen LogP contribution in [-0.4, -0.2) is 35.4 Å². The Labute approximate surface area is 137 Å². The number of benzene rings is 1. The molecule has 3 rings (SSSR count). The van der Waals surface area contributed by atoms with E-state index in [0.717, 1.165) is 30.9 Å². The van der Waals surface area contributed by atoms with E-state index in [4.69, 9.17) is 0 Å². The smallest absolute Gasteiger partial charge is 0.253 e. The predicted molar refractivity (Wildman–Crippen MR) is 91.3 cm³/mol. The number of nitrogens with one attached hydrogen (secondary N) is 1. The van der Waals surface area contributed by atoms with Gasteiger partial charge in [0.15, 0.2) is 0 Å². The van der Waals surface area contributed by atoms with E-state index in [9.17, 15) is 4.79 Å². The molecule has 0 aliphatic carbocycles. The first kappa shape index (κ1) is 15.7. The lowest BCUT2D eigenvalue weighted by atomic mass is 10.1. The Morgan fingerprint density at radius 2 is 1.91 bits per heavy atom. The standard InChI is InChI=1S/C19H23N3O/c1-15-9-10-17(13-20-15)19(23)21-18(14-22-11-5-6-12-22)16-7-3-2-4-8-16/h2-4,7-10,13,18H,5-6,11-12,14H2,1H3,(H,21,23). The number of nitrogens with zero attached hydrogens (tertiary/aromatic N) is 2. The summed E-state index contributed by atoms with van der Waals surface area (Å²) in [5.74, 6) is -0.0643. The van der Waals surface area contributed by atoms with E-state index in [2.05, 4.69) is 27.3 Å². The zero-order chi connectivity index (χ0) is 16.1. The molecule has 0 radical (unpaired) electrons. The quantitative estimate of drug-likeness (QED) is 0.923. The molecule has 1 aliphatic heterocycles. The van der Waals surface area contributed by atoms with E-state index in [1.807, 2.05) is 37.3 Å². The molecule has 0 saturated carbocycles. The van der Waals surface area contributed by atoms with Crippen LogP contribution in [0.3, 0.4) is 0 Å². The van der Waals surface area contributed by atoms with Gasteiger partial charge in [-0.1, -0.05) is 30.3 Å². The summed E-state index contributed by atoms with van der Waals surface area (Å²) in [5, 5.41) is 3.18. The van der Waals surface area contributed by atoms with Crippen molar-refractivity contribution >= 4 is 5.91 Å². The number of carbonyl (C=O) groups is 1. The number of aryl methyl sites for hydroxylation is 1. The van der Waals surface area contributed by atoms with Crippen molar-refractivity contribution in [3.63, 3.8) is 0 Å². The molecule has 0 spiro atoms. The number of amides is 1. The zero-order valence-corrected chi connectivity index (χ0v) is 13.5. The summed E-state index contributed by atoms with van der Waals surface area (Å²) in [5.41, 5.74) is 2.67. The number of rotatable bonds is 5. The van der Waals surface area contributed by atoms with Gasteiger partial charge in [-0.25, -0.2) is 0 Å². The monoisotopic (exact) mass is 309 g/mol. The lowest BCUT2D eigenvalue weighted by Gasteiger charge is -2.25. The number of carbonyl (C=O) groups excluding carboxylic acids is 1. The van der Waals surface area contributed by atoms with E-state index < -0.39 is 0 Å². The van der Waals surface area contributed by atoms with E-state index in [-0.39, 0.29) is 11.9 Å². The number of likely N-dealkylation sites (tertiary alicyclic amines) is 1. The Hall–Kier alpha value is -2.20. The molecule has 1 atom stereocenters. The average molecular weight is 309 g/mol. The molecule has 1 aromatic heterocycles. The van der Waals surface area contributed by atoms with Crippen LogP contribution >= 0.6 is 0 Å². The molecule has 1 saturated heterocycles. The summed E-state index contributed by atoms with van der Waals surface area (Å²) in [6.07, 6.45) is 4.14. The van der Waals surface area contributed by atoms with Gasteiger partial charge in [-0.15, -0.1) is 0 Å². The Morgan fingerprint density at radius 1 is 1.17 bits per heavy atom. The maximum absolute atomic E-state index is 12.5. The highest BCUT2D eigenvalue weighted by Crippen LogP contribution is 2.18. The van der Waals surface area contributed by atoms with Crippen molar-refractivity contribution < 1.29 is 4.79 Å². The molecule has 2 aromatic rings. The van der Waals surface area contributed by atoms with Gasteiger partial charge in [0.25, 0.3) is 5.91 Å². The summed E-state index contributed by atoms with van der Waals surface area (Å²) >= 11 is 0. The molecule has 120 valence electrons. The van der Waals surface area contributed by atoms with Crippen molar-refractivity contribution in [1.29, 1.82) is 0 Å². The van der Waals surface area contributed by atoms with E-state index in [1.165, 1.54) is 12.8 Å². The van der Waals surface area contributed by atoms with Crippen LogP contribution in [-0.2, 0) is 0 Å². The second-order valence-electron chi connectivity index (χ2n) is 6.13. The average Bonchev–Trinajstić information content (AvgIpc) is 3.09. The van der Waals surface area contributed by atoms with Crippen molar-refractivity contribution in [3.8, 4) is 0 Å². The van der Waals surface area contributed by atoms with E-state index in [0.29, 0.717) is 5.56 Å². The van der Waals surface area contributed by atoms with Crippen molar-refractivity contribution in [3.05, 3.63) is 65.5 Å². The third-order valence-corrected chi connectivity index (χ3v) is 4.32. The second-order valence-corrected chi connectivity index (χ2v) is 6.13. The first-order valence-electron chi connectivity index (χ1n) is 8.23.